The summed E-state index contributed by atoms with van der Waals surface area (Å²) < 4.78 is 0. The maximum absolute atomic E-state index is 11.5. The van der Waals surface area contributed by atoms with Crippen LogP contribution in [0.15, 0.2) is 24.3 Å². The van der Waals surface area contributed by atoms with Gasteiger partial charge in [0.25, 0.3) is 0 Å². The van der Waals surface area contributed by atoms with Gasteiger partial charge in [-0.2, -0.15) is 5.26 Å². The number of ketones is 1. The first-order chi connectivity index (χ1) is 9.13. The Labute approximate surface area is 114 Å². The van der Waals surface area contributed by atoms with Crippen molar-refractivity contribution in [2.45, 2.75) is 32.4 Å². The summed E-state index contributed by atoms with van der Waals surface area (Å²) in [5, 5.41) is 12.3. The van der Waals surface area contributed by atoms with Crippen molar-refractivity contribution in [3.63, 3.8) is 0 Å². The number of carbonyl (C=O) groups excluding carboxylic acids is 1. The van der Waals surface area contributed by atoms with Crippen LogP contribution in [0.5, 0.6) is 0 Å². The first-order valence-electron chi connectivity index (χ1n) is 6.60. The number of carbonyl (C=O) groups is 1. The maximum Gasteiger partial charge on any atom is 0.159 e. The molecule has 1 saturated heterocycles. The van der Waals surface area contributed by atoms with Crippen molar-refractivity contribution in [3.05, 3.63) is 29.8 Å². The van der Waals surface area contributed by atoms with E-state index in [1.807, 2.05) is 24.3 Å². The fourth-order valence-corrected chi connectivity index (χ4v) is 2.64. The molecule has 0 bridgehead atoms. The molecular formula is C15H19N3O. The molecule has 2 rings (SSSR count). The highest BCUT2D eigenvalue weighted by Crippen LogP contribution is 2.24. The van der Waals surface area contributed by atoms with E-state index in [-0.39, 0.29) is 11.8 Å². The van der Waals surface area contributed by atoms with Gasteiger partial charge in [-0.15, -0.1) is 0 Å². The molecule has 1 aromatic carbocycles. The molecule has 1 aliphatic rings. The fourth-order valence-electron chi connectivity index (χ4n) is 2.64. The zero-order chi connectivity index (χ0) is 13.8. The Morgan fingerprint density at radius 3 is 3.00 bits per heavy atom. The molecule has 4 nitrogen and oxygen atoms in total. The standard InChI is InChI=1S/C15H19N3O/c1-11-9-17-10-15(6-7-16)18(11)14-5-3-4-13(8-14)12(2)19/h3-5,8,11,15,17H,6,9-10H2,1-2H3. The summed E-state index contributed by atoms with van der Waals surface area (Å²) in [6.45, 7) is 5.42. The molecule has 0 spiro atoms. The van der Waals surface area contributed by atoms with Crippen molar-refractivity contribution in [3.8, 4) is 6.07 Å². The van der Waals surface area contributed by atoms with E-state index < -0.39 is 0 Å². The number of nitrogens with zero attached hydrogens (tertiary/aromatic N) is 2. The van der Waals surface area contributed by atoms with Crippen LogP contribution in [0.1, 0.15) is 30.6 Å². The topological polar surface area (TPSA) is 56.1 Å². The molecule has 1 heterocycles. The molecule has 1 aromatic rings. The van der Waals surface area contributed by atoms with Crippen LogP contribution in [0.2, 0.25) is 0 Å². The number of hydrogen-bond acceptors (Lipinski definition) is 4. The highest BCUT2D eigenvalue weighted by molar-refractivity contribution is 5.95. The molecule has 0 aromatic heterocycles. The third-order valence-corrected chi connectivity index (χ3v) is 3.57. The smallest absolute Gasteiger partial charge is 0.159 e. The predicted octanol–water partition coefficient (Wildman–Crippen LogP) is 1.97. The molecule has 1 fully saturated rings. The SMILES string of the molecule is CC(=O)c1cccc(N2C(C)CNCC2CC#N)c1. The first-order valence-corrected chi connectivity index (χ1v) is 6.60. The van der Waals surface area contributed by atoms with E-state index in [2.05, 4.69) is 23.2 Å². The molecule has 0 radical (unpaired) electrons. The zero-order valence-corrected chi connectivity index (χ0v) is 11.4. The Bertz CT molecular complexity index is 506. The molecule has 0 saturated carbocycles. The molecule has 1 aliphatic heterocycles. The molecule has 19 heavy (non-hydrogen) atoms. The number of piperazine rings is 1. The number of nitriles is 1. The Balaban J connectivity index is 2.33. The number of rotatable bonds is 3. The Hall–Kier alpha value is -1.86. The minimum atomic E-state index is 0.0708. The van der Waals surface area contributed by atoms with E-state index in [0.717, 1.165) is 24.3 Å². The minimum Gasteiger partial charge on any atom is -0.362 e. The quantitative estimate of drug-likeness (QED) is 0.841. The molecule has 0 aliphatic carbocycles. The van der Waals surface area contributed by atoms with Crippen molar-refractivity contribution < 1.29 is 4.79 Å². The lowest BCUT2D eigenvalue weighted by Crippen LogP contribution is -2.56. The summed E-state index contributed by atoms with van der Waals surface area (Å²) in [4.78, 5) is 13.7. The molecule has 2 unspecified atom stereocenters. The van der Waals surface area contributed by atoms with Crippen LogP contribution in [0, 0.1) is 11.3 Å². The van der Waals surface area contributed by atoms with Crippen LogP contribution in [-0.2, 0) is 0 Å². The number of hydrogen-bond donors (Lipinski definition) is 1. The van der Waals surface area contributed by atoms with Gasteiger partial charge >= 0.3 is 0 Å². The summed E-state index contributed by atoms with van der Waals surface area (Å²) in [6, 6.07) is 10.4. The summed E-state index contributed by atoms with van der Waals surface area (Å²) >= 11 is 0. The lowest BCUT2D eigenvalue weighted by molar-refractivity contribution is 0.101. The van der Waals surface area contributed by atoms with Crippen molar-refractivity contribution in [2.24, 2.45) is 0 Å². The van der Waals surface area contributed by atoms with Crippen LogP contribution in [0.25, 0.3) is 0 Å². The molecule has 2 atom stereocenters. The molecule has 100 valence electrons. The van der Waals surface area contributed by atoms with Gasteiger partial charge in [0.1, 0.15) is 0 Å². The van der Waals surface area contributed by atoms with Gasteiger partial charge in [0.15, 0.2) is 5.78 Å². The lowest BCUT2D eigenvalue weighted by atomic mass is 10.0. The van der Waals surface area contributed by atoms with Gasteiger partial charge in [0.2, 0.25) is 0 Å². The summed E-state index contributed by atoms with van der Waals surface area (Å²) in [7, 11) is 0. The average Bonchev–Trinajstić information content (AvgIpc) is 2.39. The van der Waals surface area contributed by atoms with E-state index in [4.69, 9.17) is 5.26 Å². The van der Waals surface area contributed by atoms with Crippen molar-refractivity contribution in [1.82, 2.24) is 5.32 Å². The van der Waals surface area contributed by atoms with Crippen LogP contribution in [-0.4, -0.2) is 31.0 Å². The van der Waals surface area contributed by atoms with Gasteiger partial charge < -0.3 is 10.2 Å². The Kier molecular flexibility index (Phi) is 4.18. The van der Waals surface area contributed by atoms with E-state index >= 15 is 0 Å². The highest BCUT2D eigenvalue weighted by Gasteiger charge is 2.27. The summed E-state index contributed by atoms with van der Waals surface area (Å²) in [5.41, 5.74) is 1.75. The first kappa shape index (κ1) is 13.6. The van der Waals surface area contributed by atoms with Crippen LogP contribution < -0.4 is 10.2 Å². The van der Waals surface area contributed by atoms with Crippen LogP contribution >= 0.6 is 0 Å². The average molecular weight is 257 g/mol. The second-order valence-corrected chi connectivity index (χ2v) is 5.04. The second-order valence-electron chi connectivity index (χ2n) is 5.04. The summed E-state index contributed by atoms with van der Waals surface area (Å²) in [5.74, 6) is 0.0708. The van der Waals surface area contributed by atoms with Crippen molar-refractivity contribution >= 4 is 11.5 Å². The second kappa shape index (κ2) is 5.85. The maximum atomic E-state index is 11.5. The highest BCUT2D eigenvalue weighted by atomic mass is 16.1. The van der Waals surface area contributed by atoms with Crippen LogP contribution in [0.4, 0.5) is 5.69 Å². The van der Waals surface area contributed by atoms with Gasteiger partial charge in [-0.25, -0.2) is 0 Å². The minimum absolute atomic E-state index is 0.0708. The van der Waals surface area contributed by atoms with Gasteiger partial charge in [-0.3, -0.25) is 4.79 Å². The van der Waals surface area contributed by atoms with Gasteiger partial charge in [0.05, 0.1) is 18.5 Å². The van der Waals surface area contributed by atoms with E-state index in [9.17, 15) is 4.79 Å². The van der Waals surface area contributed by atoms with Gasteiger partial charge in [0, 0.05) is 30.4 Å². The molecule has 4 heteroatoms. The Morgan fingerprint density at radius 1 is 1.53 bits per heavy atom. The number of Topliss-reactive ketones (excluding diaryl/α,β-unsaturated/α-hetero) is 1. The lowest BCUT2D eigenvalue weighted by Gasteiger charge is -2.42. The largest absolute Gasteiger partial charge is 0.362 e. The predicted molar refractivity (Wildman–Crippen MR) is 75.3 cm³/mol. The Morgan fingerprint density at radius 2 is 2.32 bits per heavy atom. The van der Waals surface area contributed by atoms with Crippen molar-refractivity contribution in [2.75, 3.05) is 18.0 Å². The normalized spacial score (nSPS) is 22.9. The van der Waals surface area contributed by atoms with Crippen molar-refractivity contribution in [1.29, 1.82) is 5.26 Å². The third kappa shape index (κ3) is 2.94. The molecule has 1 N–H and O–H groups in total. The van der Waals surface area contributed by atoms with E-state index in [1.54, 1.807) is 6.92 Å². The van der Waals surface area contributed by atoms with E-state index in [0.29, 0.717) is 12.5 Å². The fraction of sp³-hybridized carbons (Fsp3) is 0.467. The third-order valence-electron chi connectivity index (χ3n) is 3.57. The number of anilines is 1. The molecular weight excluding hydrogens is 238 g/mol. The number of benzene rings is 1. The monoisotopic (exact) mass is 257 g/mol. The summed E-state index contributed by atoms with van der Waals surface area (Å²) in [6.07, 6.45) is 0.488. The van der Waals surface area contributed by atoms with Crippen LogP contribution in [0.3, 0.4) is 0 Å². The molecule has 0 amide bonds. The number of nitrogens with one attached hydrogen (secondary N) is 1. The zero-order valence-electron chi connectivity index (χ0n) is 11.4. The van der Waals surface area contributed by atoms with Gasteiger partial charge in [-0.1, -0.05) is 12.1 Å². The van der Waals surface area contributed by atoms with E-state index in [1.165, 1.54) is 0 Å². The van der Waals surface area contributed by atoms with Gasteiger partial charge in [-0.05, 0) is 26.0 Å².